The van der Waals surface area contributed by atoms with Crippen molar-refractivity contribution in [3.63, 3.8) is 0 Å². The van der Waals surface area contributed by atoms with Gasteiger partial charge in [-0.05, 0) is 47.3 Å². The lowest BCUT2D eigenvalue weighted by molar-refractivity contribution is -0.144. The van der Waals surface area contributed by atoms with Crippen molar-refractivity contribution in [3.8, 4) is 5.75 Å². The van der Waals surface area contributed by atoms with Crippen LogP contribution in [-0.4, -0.2) is 25.8 Å². The predicted molar refractivity (Wildman–Crippen MR) is 206 cm³/mol. The molecule has 0 N–H and O–H groups in total. The molecule has 0 bridgehead atoms. The second-order valence-corrected chi connectivity index (χ2v) is 17.5. The maximum Gasteiger partial charge on any atom is 0.416 e. The van der Waals surface area contributed by atoms with E-state index in [2.05, 4.69) is 24.6 Å². The first-order valence-electron chi connectivity index (χ1n) is 18.5. The Morgan fingerprint density at radius 3 is 0.667 bits per heavy atom. The highest BCUT2D eigenvalue weighted by molar-refractivity contribution is 7.94. The zero-order valence-corrected chi connectivity index (χ0v) is 35.2. The van der Waals surface area contributed by atoms with Gasteiger partial charge in [-0.1, -0.05) is 60.7 Å². The molecule has 0 aliphatic carbocycles. The molecular formula is C42H27BF24OS. The Kier molecular flexibility index (Phi) is 15.6. The van der Waals surface area contributed by atoms with Gasteiger partial charge in [-0.25, -0.2) is 0 Å². The second-order valence-electron chi connectivity index (χ2n) is 15.2. The normalized spacial score (nSPS) is 13.6. The van der Waals surface area contributed by atoms with Crippen LogP contribution < -0.4 is 26.6 Å². The molecule has 5 rings (SSSR count). The van der Waals surface area contributed by atoms with Crippen molar-refractivity contribution in [2.45, 2.75) is 55.2 Å². The topological polar surface area (TPSA) is 9.23 Å². The van der Waals surface area contributed by atoms with Gasteiger partial charge in [0.05, 0.1) is 64.1 Å². The van der Waals surface area contributed by atoms with E-state index in [1.165, 1.54) is 11.3 Å². The minimum atomic E-state index is -6.13. The average molecular weight is 1050 g/mol. The molecule has 0 radical (unpaired) electrons. The number of alkyl halides is 24. The molecule has 0 atom stereocenters. The summed E-state index contributed by atoms with van der Waals surface area (Å²) in [4.78, 5) is 0. The molecule has 0 aliphatic heterocycles. The van der Waals surface area contributed by atoms with E-state index in [0.717, 1.165) is 5.75 Å². The lowest BCUT2D eigenvalue weighted by Crippen LogP contribution is -2.75. The van der Waals surface area contributed by atoms with Crippen LogP contribution in [0.15, 0.2) is 97.1 Å². The van der Waals surface area contributed by atoms with Gasteiger partial charge in [-0.3, -0.25) is 0 Å². The fraction of sp³-hybridized carbons (Fsp3) is 0.286. The van der Waals surface area contributed by atoms with Gasteiger partial charge in [0.25, 0.3) is 0 Å². The fourth-order valence-electron chi connectivity index (χ4n) is 7.13. The maximum atomic E-state index is 14.2. The number of hydrogen-bond acceptors (Lipinski definition) is 1. The summed E-state index contributed by atoms with van der Waals surface area (Å²) in [5.41, 5.74) is -28.8. The van der Waals surface area contributed by atoms with Crippen LogP contribution in [0.3, 0.4) is 0 Å². The standard InChI is InChI=1S/C32H12BF24.C10H15OS/c34-25(35,36)13-1-14(26(37,38)39)6-21(5-13)33(22-7-15(27(40,41)42)2-16(8-22)28(43,44)45,23-9-17(29(46,47)48)3-18(10-23)30(49,50)51)24-11-19(31(52,53)54)4-20(12-24)32(55,56)57;1-11-10-6-4-9(5-7-10)8-12(2)3/h1-12H;4-7H,8H2,1-3H3/q-1;+1. The quantitative estimate of drug-likeness (QED) is 0.0897. The molecule has 378 valence electrons. The number of methoxy groups -OCH3 is 1. The van der Waals surface area contributed by atoms with Crippen molar-refractivity contribution in [1.82, 2.24) is 0 Å². The minimum absolute atomic E-state index is 0.484. The lowest BCUT2D eigenvalue weighted by Gasteiger charge is -2.46. The van der Waals surface area contributed by atoms with Crippen molar-refractivity contribution in [3.05, 3.63) is 147 Å². The molecule has 0 saturated heterocycles. The van der Waals surface area contributed by atoms with Crippen LogP contribution in [0.4, 0.5) is 105 Å². The molecule has 0 aromatic heterocycles. The van der Waals surface area contributed by atoms with Crippen LogP contribution in [0.25, 0.3) is 0 Å². The van der Waals surface area contributed by atoms with Crippen molar-refractivity contribution < 1.29 is 110 Å². The summed E-state index contributed by atoms with van der Waals surface area (Å²) < 4.78 is 346. The number of benzene rings is 5. The van der Waals surface area contributed by atoms with Crippen molar-refractivity contribution in [1.29, 1.82) is 0 Å². The minimum Gasteiger partial charge on any atom is -0.497 e. The highest BCUT2D eigenvalue weighted by Gasteiger charge is 2.47. The van der Waals surface area contributed by atoms with Crippen LogP contribution in [-0.2, 0) is 66.1 Å². The fourth-order valence-corrected chi connectivity index (χ4v) is 7.98. The first-order chi connectivity index (χ1) is 31.0. The Hall–Kier alpha value is -5.37. The summed E-state index contributed by atoms with van der Waals surface area (Å²) in [5.74, 6) is 2.11. The number of ether oxygens (including phenoxy) is 1. The van der Waals surface area contributed by atoms with Gasteiger partial charge in [-0.2, -0.15) is 127 Å². The molecule has 0 spiro atoms. The summed E-state index contributed by atoms with van der Waals surface area (Å²) >= 11 is 0. The first-order valence-corrected chi connectivity index (χ1v) is 20.7. The molecular weight excluding hydrogens is 1020 g/mol. The van der Waals surface area contributed by atoms with E-state index >= 15 is 0 Å². The second kappa shape index (κ2) is 19.1. The molecule has 0 aliphatic rings. The van der Waals surface area contributed by atoms with Crippen LogP contribution in [0.2, 0.25) is 0 Å². The van der Waals surface area contributed by atoms with Gasteiger partial charge in [0.2, 0.25) is 0 Å². The maximum absolute atomic E-state index is 14.2. The average Bonchev–Trinajstić information content (AvgIpc) is 3.18. The molecule has 69 heavy (non-hydrogen) atoms. The van der Waals surface area contributed by atoms with Gasteiger partial charge >= 0.3 is 49.4 Å². The Morgan fingerprint density at radius 1 is 0.333 bits per heavy atom. The third-order valence-corrected chi connectivity index (χ3v) is 11.0. The largest absolute Gasteiger partial charge is 0.497 e. The van der Waals surface area contributed by atoms with Crippen LogP contribution in [0.5, 0.6) is 5.75 Å². The molecule has 1 nitrogen and oxygen atoms in total. The van der Waals surface area contributed by atoms with E-state index in [0.29, 0.717) is 10.9 Å². The van der Waals surface area contributed by atoms with E-state index < -0.39 is 195 Å². The Morgan fingerprint density at radius 2 is 0.522 bits per heavy atom. The van der Waals surface area contributed by atoms with Gasteiger partial charge in [-0.15, -0.1) is 0 Å². The first kappa shape index (κ1) is 56.2. The third-order valence-electron chi connectivity index (χ3n) is 10.1. The smallest absolute Gasteiger partial charge is 0.416 e. The molecule has 0 saturated carbocycles. The Labute approximate surface area is 376 Å². The number of rotatable bonds is 7. The molecule has 27 heteroatoms. The predicted octanol–water partition coefficient (Wildman–Crippen LogP) is 13.3. The zero-order valence-electron chi connectivity index (χ0n) is 34.4. The van der Waals surface area contributed by atoms with Gasteiger partial charge in [0, 0.05) is 5.56 Å². The van der Waals surface area contributed by atoms with Crippen LogP contribution >= 0.6 is 0 Å². The summed E-state index contributed by atoms with van der Waals surface area (Å²) in [6, 6.07) is -0.517. The van der Waals surface area contributed by atoms with Gasteiger partial charge in [0.15, 0.2) is 0 Å². The molecule has 0 heterocycles. The highest BCUT2D eigenvalue weighted by atomic mass is 32.2. The van der Waals surface area contributed by atoms with E-state index in [-0.39, 0.29) is 0 Å². The number of halogens is 24. The SMILES string of the molecule is COc1ccc(C[S+](C)C)cc1.FC(F)(F)c1cc([B-](c2cc(C(F)(F)F)cc(C(F)(F)F)c2)(c2cc(C(F)(F)F)cc(C(F)(F)F)c2)c2cc(C(F)(F)F)cc(C(F)(F)F)c2)cc(C(F)(F)F)c1. The van der Waals surface area contributed by atoms with Crippen molar-refractivity contribution in [2.75, 3.05) is 19.6 Å². The van der Waals surface area contributed by atoms with Gasteiger partial charge in [0.1, 0.15) is 17.6 Å². The van der Waals surface area contributed by atoms with Crippen LogP contribution in [0, 0.1) is 0 Å². The van der Waals surface area contributed by atoms with E-state index in [1.54, 1.807) is 7.11 Å². The van der Waals surface area contributed by atoms with Crippen molar-refractivity contribution in [2.24, 2.45) is 0 Å². The summed E-state index contributed by atoms with van der Waals surface area (Å²) in [6.07, 6.45) is -50.3. The number of hydrogen-bond donors (Lipinski definition) is 0. The third kappa shape index (κ3) is 13.5. The van der Waals surface area contributed by atoms with E-state index in [9.17, 15) is 105 Å². The molecule has 0 amide bonds. The molecule has 0 fully saturated rings. The van der Waals surface area contributed by atoms with Crippen LogP contribution in [0.1, 0.15) is 50.1 Å². The molecule has 0 unspecified atom stereocenters. The van der Waals surface area contributed by atoms with Gasteiger partial charge < -0.3 is 4.74 Å². The Bertz CT molecular complexity index is 2160. The summed E-state index contributed by atoms with van der Waals surface area (Å²) in [5, 5.41) is 0. The highest BCUT2D eigenvalue weighted by Crippen LogP contribution is 2.41. The van der Waals surface area contributed by atoms with E-state index in [4.69, 9.17) is 4.74 Å². The summed E-state index contributed by atoms with van der Waals surface area (Å²) in [7, 11) is 2.18. The monoisotopic (exact) mass is 1050 g/mol. The zero-order chi connectivity index (χ0) is 52.9. The van der Waals surface area contributed by atoms with Crippen molar-refractivity contribution >= 4 is 38.9 Å². The lowest BCUT2D eigenvalue weighted by atomic mass is 9.12. The Balaban J connectivity index is 0.000000750. The summed E-state index contributed by atoms with van der Waals surface area (Å²) in [6.45, 7) is 0. The molecule has 5 aromatic carbocycles. The van der Waals surface area contributed by atoms with E-state index in [1.807, 2.05) is 12.1 Å². The molecule has 5 aromatic rings.